The zero-order chi connectivity index (χ0) is 24.1. The van der Waals surface area contributed by atoms with E-state index < -0.39 is 0 Å². The van der Waals surface area contributed by atoms with E-state index in [2.05, 4.69) is 46.3 Å². The topological polar surface area (TPSA) is 81.7 Å². The number of hydrogen-bond acceptors (Lipinski definition) is 7. The Labute approximate surface area is 203 Å². The van der Waals surface area contributed by atoms with Crippen LogP contribution in [-0.2, 0) is 22.6 Å². The third kappa shape index (κ3) is 5.86. The van der Waals surface area contributed by atoms with E-state index in [1.807, 2.05) is 25.1 Å². The first-order valence-electron chi connectivity index (χ1n) is 12.5. The number of likely N-dealkylation sites (N-methyl/N-ethyl adjacent to an activating group) is 1. The van der Waals surface area contributed by atoms with E-state index in [-0.39, 0.29) is 5.60 Å². The largest absolute Gasteiger partial charge is 0.382 e. The minimum absolute atomic E-state index is 0.360. The molecule has 1 aliphatic rings. The molecular weight excluding hydrogens is 428 g/mol. The summed E-state index contributed by atoms with van der Waals surface area (Å²) in [5.41, 5.74) is 8.57. The molecule has 1 saturated heterocycles. The molecule has 4 rings (SSSR count). The first-order chi connectivity index (χ1) is 16.4. The summed E-state index contributed by atoms with van der Waals surface area (Å²) >= 11 is 0. The number of pyridine rings is 1. The number of imidazole rings is 1. The van der Waals surface area contributed by atoms with Gasteiger partial charge in [0.1, 0.15) is 17.9 Å². The number of nitrogen functional groups attached to an aromatic ring is 1. The molecule has 8 nitrogen and oxygen atoms in total. The Morgan fingerprint density at radius 3 is 2.59 bits per heavy atom. The van der Waals surface area contributed by atoms with Crippen LogP contribution < -0.4 is 5.73 Å². The number of rotatable bonds is 11. The summed E-state index contributed by atoms with van der Waals surface area (Å²) < 4.78 is 14.4. The molecule has 0 radical (unpaired) electrons. The van der Waals surface area contributed by atoms with Crippen LogP contribution in [0.2, 0.25) is 0 Å². The summed E-state index contributed by atoms with van der Waals surface area (Å²) in [7, 11) is 2.20. The van der Waals surface area contributed by atoms with E-state index in [0.29, 0.717) is 25.6 Å². The molecule has 3 aromatic rings. The summed E-state index contributed by atoms with van der Waals surface area (Å²) in [6, 6.07) is 8.09. The first-order valence-corrected chi connectivity index (χ1v) is 12.5. The Balaban J connectivity index is 1.46. The van der Waals surface area contributed by atoms with Crippen molar-refractivity contribution < 1.29 is 9.47 Å². The molecule has 0 unspecified atom stereocenters. The fraction of sp³-hybridized carbons (Fsp3) is 0.615. The maximum atomic E-state index is 6.40. The molecule has 0 saturated carbocycles. The zero-order valence-corrected chi connectivity index (χ0v) is 21.2. The monoisotopic (exact) mass is 468 g/mol. The second-order valence-corrected chi connectivity index (χ2v) is 9.92. The molecule has 1 fully saturated rings. The Morgan fingerprint density at radius 2 is 1.82 bits per heavy atom. The van der Waals surface area contributed by atoms with Crippen LogP contribution in [0.15, 0.2) is 24.3 Å². The molecule has 8 heteroatoms. The highest BCUT2D eigenvalue weighted by Crippen LogP contribution is 2.30. The second-order valence-electron chi connectivity index (χ2n) is 9.92. The maximum Gasteiger partial charge on any atom is 0.152 e. The van der Waals surface area contributed by atoms with Crippen molar-refractivity contribution >= 4 is 27.8 Å². The molecule has 3 heterocycles. The van der Waals surface area contributed by atoms with Gasteiger partial charge in [-0.3, -0.25) is 0 Å². The average Bonchev–Trinajstić information content (AvgIpc) is 3.17. The number of aromatic nitrogens is 3. The van der Waals surface area contributed by atoms with Gasteiger partial charge < -0.3 is 29.6 Å². The van der Waals surface area contributed by atoms with Crippen molar-refractivity contribution in [1.82, 2.24) is 24.3 Å². The number of fused-ring (bicyclic) bond motifs is 3. The molecule has 0 aliphatic carbocycles. The molecule has 0 amide bonds. The van der Waals surface area contributed by atoms with Gasteiger partial charge in [0.2, 0.25) is 0 Å². The number of unbranched alkanes of at least 4 members (excludes halogenated alkanes) is 1. The second kappa shape index (κ2) is 11.0. The molecule has 0 bridgehead atoms. The SMILES string of the molecule is CCOCc1nc2c(N)nc3ccccc3c2n1CC(C)(C)OCCCCN1CCN(C)CC1. The van der Waals surface area contributed by atoms with Gasteiger partial charge in [-0.15, -0.1) is 0 Å². The number of nitrogens with zero attached hydrogens (tertiary/aromatic N) is 5. The summed E-state index contributed by atoms with van der Waals surface area (Å²) in [5.74, 6) is 1.31. The van der Waals surface area contributed by atoms with Gasteiger partial charge in [-0.2, -0.15) is 0 Å². The maximum absolute atomic E-state index is 6.40. The van der Waals surface area contributed by atoms with Crippen molar-refractivity contribution in [2.24, 2.45) is 0 Å². The van der Waals surface area contributed by atoms with Crippen LogP contribution in [-0.4, -0.2) is 82.9 Å². The number of ether oxygens (including phenoxy) is 2. The van der Waals surface area contributed by atoms with Crippen molar-refractivity contribution in [3.05, 3.63) is 30.1 Å². The first kappa shape index (κ1) is 24.9. The van der Waals surface area contributed by atoms with Crippen LogP contribution in [0, 0.1) is 0 Å². The van der Waals surface area contributed by atoms with E-state index in [1.54, 1.807) is 0 Å². The van der Waals surface area contributed by atoms with Gasteiger partial charge in [-0.05, 0) is 53.3 Å². The molecular formula is C26H40N6O2. The fourth-order valence-corrected chi connectivity index (χ4v) is 4.66. The number of para-hydroxylation sites is 1. The zero-order valence-electron chi connectivity index (χ0n) is 21.2. The van der Waals surface area contributed by atoms with Crippen molar-refractivity contribution in [1.29, 1.82) is 0 Å². The summed E-state index contributed by atoms with van der Waals surface area (Å²) in [5, 5.41) is 1.05. The number of anilines is 1. The Hall–Kier alpha value is -2.26. The summed E-state index contributed by atoms with van der Waals surface area (Å²) in [4.78, 5) is 14.4. The highest BCUT2D eigenvalue weighted by Gasteiger charge is 2.25. The van der Waals surface area contributed by atoms with E-state index in [4.69, 9.17) is 20.2 Å². The average molecular weight is 469 g/mol. The molecule has 0 spiro atoms. The van der Waals surface area contributed by atoms with Crippen LogP contribution >= 0.6 is 0 Å². The highest BCUT2D eigenvalue weighted by molar-refractivity contribution is 6.06. The van der Waals surface area contributed by atoms with Crippen molar-refractivity contribution in [2.75, 3.05) is 58.7 Å². The number of benzene rings is 1. The molecule has 0 atom stereocenters. The Kier molecular flexibility index (Phi) is 8.03. The van der Waals surface area contributed by atoms with E-state index >= 15 is 0 Å². The van der Waals surface area contributed by atoms with E-state index in [9.17, 15) is 0 Å². The van der Waals surface area contributed by atoms with Gasteiger partial charge in [-0.1, -0.05) is 18.2 Å². The standard InChI is InChI=1S/C26H40N6O2/c1-5-33-18-22-29-23-24(20-10-6-7-11-21(20)28-25(23)27)32(22)19-26(2,3)34-17-9-8-12-31-15-13-30(4)14-16-31/h6-7,10-11H,5,8-9,12-19H2,1-4H3,(H2,27,28). The molecule has 1 aromatic carbocycles. The molecule has 34 heavy (non-hydrogen) atoms. The number of nitrogens with two attached hydrogens (primary N) is 1. The van der Waals surface area contributed by atoms with Crippen molar-refractivity contribution in [3.63, 3.8) is 0 Å². The van der Waals surface area contributed by atoms with Crippen LogP contribution in [0.1, 0.15) is 39.4 Å². The van der Waals surface area contributed by atoms with Crippen LogP contribution in [0.4, 0.5) is 5.82 Å². The van der Waals surface area contributed by atoms with Gasteiger partial charge in [-0.25, -0.2) is 9.97 Å². The minimum atomic E-state index is -0.360. The van der Waals surface area contributed by atoms with Gasteiger partial charge in [0, 0.05) is 44.8 Å². The summed E-state index contributed by atoms with van der Waals surface area (Å²) in [6.45, 7) is 14.6. The molecule has 2 N–H and O–H groups in total. The predicted molar refractivity (Wildman–Crippen MR) is 138 cm³/mol. The van der Waals surface area contributed by atoms with Crippen molar-refractivity contribution in [2.45, 2.75) is 52.4 Å². The Bertz CT molecular complexity index is 1090. The minimum Gasteiger partial charge on any atom is -0.382 e. The molecule has 186 valence electrons. The van der Waals surface area contributed by atoms with Gasteiger partial charge >= 0.3 is 0 Å². The molecule has 2 aromatic heterocycles. The van der Waals surface area contributed by atoms with Gasteiger partial charge in [0.05, 0.1) is 23.2 Å². The summed E-state index contributed by atoms with van der Waals surface area (Å²) in [6.07, 6.45) is 2.22. The lowest BCUT2D eigenvalue weighted by Gasteiger charge is -2.32. The number of hydrogen-bond donors (Lipinski definition) is 1. The highest BCUT2D eigenvalue weighted by atomic mass is 16.5. The van der Waals surface area contributed by atoms with Crippen LogP contribution in [0.25, 0.3) is 21.9 Å². The van der Waals surface area contributed by atoms with Crippen LogP contribution in [0.3, 0.4) is 0 Å². The normalized spacial score (nSPS) is 16.1. The Morgan fingerprint density at radius 1 is 1.06 bits per heavy atom. The van der Waals surface area contributed by atoms with E-state index in [0.717, 1.165) is 53.8 Å². The number of piperazine rings is 1. The van der Waals surface area contributed by atoms with Gasteiger partial charge in [0.15, 0.2) is 5.82 Å². The van der Waals surface area contributed by atoms with Crippen molar-refractivity contribution in [3.8, 4) is 0 Å². The predicted octanol–water partition coefficient (Wildman–Crippen LogP) is 3.53. The van der Waals surface area contributed by atoms with Crippen LogP contribution in [0.5, 0.6) is 0 Å². The third-order valence-corrected chi connectivity index (χ3v) is 6.62. The lowest BCUT2D eigenvalue weighted by molar-refractivity contribution is -0.0321. The third-order valence-electron chi connectivity index (χ3n) is 6.62. The lowest BCUT2D eigenvalue weighted by Crippen LogP contribution is -2.44. The lowest BCUT2D eigenvalue weighted by atomic mass is 10.1. The smallest absolute Gasteiger partial charge is 0.152 e. The van der Waals surface area contributed by atoms with E-state index in [1.165, 1.54) is 26.2 Å². The fourth-order valence-electron chi connectivity index (χ4n) is 4.66. The molecule has 1 aliphatic heterocycles. The van der Waals surface area contributed by atoms with Gasteiger partial charge in [0.25, 0.3) is 0 Å². The quantitative estimate of drug-likeness (QED) is 0.431.